The van der Waals surface area contributed by atoms with Gasteiger partial charge in [0.1, 0.15) is 4.60 Å². The monoisotopic (exact) mass is 319 g/mol. The summed E-state index contributed by atoms with van der Waals surface area (Å²) in [5.41, 5.74) is 4.22. The SMILES string of the molecule is Brc1cc2c(cn1)C(C1=CCN(C3CC3)CC1)CN2. The Bertz CT molecular complexity index is 536. The van der Waals surface area contributed by atoms with Crippen LogP contribution in [0.25, 0.3) is 0 Å². The van der Waals surface area contributed by atoms with Crippen LogP contribution in [0, 0.1) is 0 Å². The highest BCUT2D eigenvalue weighted by Crippen LogP contribution is 2.39. The van der Waals surface area contributed by atoms with E-state index in [0.717, 1.165) is 23.7 Å². The van der Waals surface area contributed by atoms with E-state index in [-0.39, 0.29) is 0 Å². The van der Waals surface area contributed by atoms with Gasteiger partial charge in [0, 0.05) is 49.0 Å². The van der Waals surface area contributed by atoms with Crippen molar-refractivity contribution >= 4 is 21.6 Å². The van der Waals surface area contributed by atoms with Gasteiger partial charge in [-0.1, -0.05) is 11.6 Å². The fourth-order valence-electron chi connectivity index (χ4n) is 3.31. The second-order valence-electron chi connectivity index (χ2n) is 5.78. The van der Waals surface area contributed by atoms with Gasteiger partial charge in [0.15, 0.2) is 0 Å². The predicted octanol–water partition coefficient (Wildman–Crippen LogP) is 3.15. The van der Waals surface area contributed by atoms with E-state index in [1.54, 1.807) is 5.57 Å². The number of anilines is 1. The lowest BCUT2D eigenvalue weighted by atomic mass is 9.90. The van der Waals surface area contributed by atoms with E-state index in [0.29, 0.717) is 5.92 Å². The van der Waals surface area contributed by atoms with Crippen molar-refractivity contribution in [2.75, 3.05) is 25.0 Å². The van der Waals surface area contributed by atoms with Crippen LogP contribution < -0.4 is 5.32 Å². The normalized spacial score (nSPS) is 26.8. The van der Waals surface area contributed by atoms with E-state index in [1.807, 2.05) is 6.20 Å². The Morgan fingerprint density at radius 2 is 2.26 bits per heavy atom. The lowest BCUT2D eigenvalue weighted by Crippen LogP contribution is -2.31. The van der Waals surface area contributed by atoms with E-state index in [1.165, 1.54) is 37.1 Å². The first-order chi connectivity index (χ1) is 9.31. The fourth-order valence-corrected chi connectivity index (χ4v) is 3.64. The Morgan fingerprint density at radius 1 is 1.37 bits per heavy atom. The van der Waals surface area contributed by atoms with Crippen LogP contribution in [0.1, 0.15) is 30.7 Å². The summed E-state index contributed by atoms with van der Waals surface area (Å²) in [6.07, 6.45) is 8.53. The number of halogens is 1. The zero-order valence-corrected chi connectivity index (χ0v) is 12.5. The van der Waals surface area contributed by atoms with Crippen LogP contribution in [0.4, 0.5) is 5.69 Å². The molecule has 0 saturated heterocycles. The Hall–Kier alpha value is -0.870. The summed E-state index contributed by atoms with van der Waals surface area (Å²) >= 11 is 3.44. The van der Waals surface area contributed by atoms with Gasteiger partial charge in [-0.15, -0.1) is 0 Å². The van der Waals surface area contributed by atoms with Gasteiger partial charge in [-0.05, 0) is 41.3 Å². The first-order valence-corrected chi connectivity index (χ1v) is 7.93. The molecule has 2 aliphatic heterocycles. The van der Waals surface area contributed by atoms with Crippen molar-refractivity contribution in [2.45, 2.75) is 31.2 Å². The number of hydrogen-bond donors (Lipinski definition) is 1. The number of pyridine rings is 1. The number of nitrogens with zero attached hydrogens (tertiary/aromatic N) is 2. The summed E-state index contributed by atoms with van der Waals surface area (Å²) in [6, 6.07) is 2.99. The highest BCUT2D eigenvalue weighted by molar-refractivity contribution is 9.10. The van der Waals surface area contributed by atoms with Crippen molar-refractivity contribution in [2.24, 2.45) is 0 Å². The van der Waals surface area contributed by atoms with Crippen LogP contribution in [0.3, 0.4) is 0 Å². The Kier molecular flexibility index (Phi) is 2.88. The van der Waals surface area contributed by atoms with Crippen molar-refractivity contribution in [3.63, 3.8) is 0 Å². The molecule has 0 aromatic carbocycles. The molecule has 1 aromatic heterocycles. The van der Waals surface area contributed by atoms with Gasteiger partial charge in [0.25, 0.3) is 0 Å². The molecule has 0 spiro atoms. The molecular weight excluding hydrogens is 302 g/mol. The fraction of sp³-hybridized carbons (Fsp3) is 0.533. The number of aromatic nitrogens is 1. The third-order valence-electron chi connectivity index (χ3n) is 4.56. The molecule has 4 heteroatoms. The molecule has 100 valence electrons. The van der Waals surface area contributed by atoms with Gasteiger partial charge in [-0.2, -0.15) is 0 Å². The largest absolute Gasteiger partial charge is 0.384 e. The molecule has 1 aliphatic carbocycles. The molecule has 3 nitrogen and oxygen atoms in total. The van der Waals surface area contributed by atoms with E-state index in [4.69, 9.17) is 0 Å². The standard InChI is InChI=1S/C15H18BrN3/c16-15-7-14-13(9-18-15)12(8-17-14)10-3-5-19(6-4-10)11-1-2-11/h3,7,9,11-12,17H,1-2,4-6,8H2. The van der Waals surface area contributed by atoms with E-state index in [9.17, 15) is 0 Å². The van der Waals surface area contributed by atoms with Gasteiger partial charge >= 0.3 is 0 Å². The molecule has 0 radical (unpaired) electrons. The highest BCUT2D eigenvalue weighted by Gasteiger charge is 2.32. The number of hydrogen-bond acceptors (Lipinski definition) is 3. The van der Waals surface area contributed by atoms with Crippen molar-refractivity contribution in [1.82, 2.24) is 9.88 Å². The molecule has 1 atom stereocenters. The van der Waals surface area contributed by atoms with Gasteiger partial charge in [0.2, 0.25) is 0 Å². The molecule has 3 heterocycles. The van der Waals surface area contributed by atoms with Crippen molar-refractivity contribution < 1.29 is 0 Å². The second kappa shape index (κ2) is 4.60. The molecule has 19 heavy (non-hydrogen) atoms. The number of nitrogens with one attached hydrogen (secondary N) is 1. The maximum Gasteiger partial charge on any atom is 0.108 e. The zero-order chi connectivity index (χ0) is 12.8. The van der Waals surface area contributed by atoms with Crippen LogP contribution in [-0.4, -0.2) is 35.6 Å². The van der Waals surface area contributed by atoms with Crippen LogP contribution in [0.15, 0.2) is 28.5 Å². The smallest absolute Gasteiger partial charge is 0.108 e. The Morgan fingerprint density at radius 3 is 3.00 bits per heavy atom. The topological polar surface area (TPSA) is 28.2 Å². The molecule has 1 N–H and O–H groups in total. The molecule has 0 amide bonds. The second-order valence-corrected chi connectivity index (χ2v) is 6.60. The van der Waals surface area contributed by atoms with E-state index in [2.05, 4.69) is 43.3 Å². The predicted molar refractivity (Wildman–Crippen MR) is 80.5 cm³/mol. The maximum atomic E-state index is 4.39. The summed E-state index contributed by atoms with van der Waals surface area (Å²) in [5.74, 6) is 0.539. The molecule has 1 fully saturated rings. The summed E-state index contributed by atoms with van der Waals surface area (Å²) in [7, 11) is 0. The van der Waals surface area contributed by atoms with Crippen molar-refractivity contribution in [3.8, 4) is 0 Å². The Labute approximate surface area is 122 Å². The number of fused-ring (bicyclic) bond motifs is 1. The zero-order valence-electron chi connectivity index (χ0n) is 10.9. The minimum absolute atomic E-state index is 0.539. The summed E-state index contributed by atoms with van der Waals surface area (Å²) in [6.45, 7) is 3.42. The van der Waals surface area contributed by atoms with Crippen LogP contribution in [0.5, 0.6) is 0 Å². The van der Waals surface area contributed by atoms with Gasteiger partial charge < -0.3 is 5.32 Å². The lowest BCUT2D eigenvalue weighted by Gasteiger charge is -2.28. The Balaban J connectivity index is 1.55. The molecule has 0 bridgehead atoms. The molecule has 3 aliphatic rings. The average Bonchev–Trinajstić information content (AvgIpc) is 3.20. The van der Waals surface area contributed by atoms with E-state index < -0.39 is 0 Å². The summed E-state index contributed by atoms with van der Waals surface area (Å²) in [5, 5.41) is 3.51. The summed E-state index contributed by atoms with van der Waals surface area (Å²) < 4.78 is 0.914. The first kappa shape index (κ1) is 11.9. The third-order valence-corrected chi connectivity index (χ3v) is 4.99. The average molecular weight is 320 g/mol. The van der Waals surface area contributed by atoms with Crippen LogP contribution >= 0.6 is 15.9 Å². The number of rotatable bonds is 2. The third kappa shape index (κ3) is 2.21. The van der Waals surface area contributed by atoms with Crippen LogP contribution in [0.2, 0.25) is 0 Å². The molecule has 1 unspecified atom stereocenters. The minimum Gasteiger partial charge on any atom is -0.384 e. The molecular formula is C15H18BrN3. The lowest BCUT2D eigenvalue weighted by molar-refractivity contribution is 0.281. The highest BCUT2D eigenvalue weighted by atomic mass is 79.9. The van der Waals surface area contributed by atoms with Gasteiger partial charge in [0.05, 0.1) is 0 Å². The van der Waals surface area contributed by atoms with Crippen molar-refractivity contribution in [1.29, 1.82) is 0 Å². The minimum atomic E-state index is 0.539. The quantitative estimate of drug-likeness (QED) is 0.670. The van der Waals surface area contributed by atoms with Crippen molar-refractivity contribution in [3.05, 3.63) is 34.1 Å². The van der Waals surface area contributed by atoms with Gasteiger partial charge in [-0.25, -0.2) is 4.98 Å². The van der Waals surface area contributed by atoms with Crippen LogP contribution in [-0.2, 0) is 0 Å². The maximum absolute atomic E-state index is 4.39. The molecule has 1 aromatic rings. The summed E-state index contributed by atoms with van der Waals surface area (Å²) in [4.78, 5) is 7.02. The molecule has 1 saturated carbocycles. The first-order valence-electron chi connectivity index (χ1n) is 7.13. The van der Waals surface area contributed by atoms with E-state index >= 15 is 0 Å². The van der Waals surface area contributed by atoms with Gasteiger partial charge in [-0.3, -0.25) is 4.90 Å². The molecule has 4 rings (SSSR count).